The summed E-state index contributed by atoms with van der Waals surface area (Å²) < 4.78 is 6.11. The Hall–Kier alpha value is -1.99. The van der Waals surface area contributed by atoms with E-state index in [0.29, 0.717) is 45.1 Å². The van der Waals surface area contributed by atoms with Crippen molar-refractivity contribution in [3.8, 4) is 0 Å². The number of hydrogen-bond donors (Lipinski definition) is 0. The van der Waals surface area contributed by atoms with E-state index < -0.39 is 0 Å². The van der Waals surface area contributed by atoms with Gasteiger partial charge in [-0.1, -0.05) is 19.9 Å². The number of likely N-dealkylation sites (tertiary alicyclic amines) is 1. The number of aromatic nitrogens is 1. The quantitative estimate of drug-likeness (QED) is 0.737. The van der Waals surface area contributed by atoms with Crippen molar-refractivity contribution in [2.45, 2.75) is 44.9 Å². The summed E-state index contributed by atoms with van der Waals surface area (Å²) in [5.74, 6) is 0.775. The average Bonchev–Trinajstić information content (AvgIpc) is 2.64. The molecule has 1 atom stereocenters. The van der Waals surface area contributed by atoms with Gasteiger partial charge in [0.15, 0.2) is 0 Å². The van der Waals surface area contributed by atoms with Crippen LogP contribution in [0.2, 0.25) is 0 Å². The first kappa shape index (κ1) is 20.7. The number of ether oxygens (including phenoxy) is 1. The van der Waals surface area contributed by atoms with Gasteiger partial charge in [-0.2, -0.15) is 0 Å². The third kappa shape index (κ3) is 4.70. The standard InChI is InChI=1S/C21H32N4O3/c1-16(2)8-9-19(26)25-14-21(15-25)13-24(4)18(12-28-21)20(27)23(3)11-17-7-5-6-10-22-17/h5-7,10,16,18H,8-9,11-15H2,1-4H3. The summed E-state index contributed by atoms with van der Waals surface area (Å²) >= 11 is 0. The highest BCUT2D eigenvalue weighted by Crippen LogP contribution is 2.31. The first-order chi connectivity index (χ1) is 13.3. The maximum Gasteiger partial charge on any atom is 0.242 e. The molecular formula is C21H32N4O3. The van der Waals surface area contributed by atoms with E-state index in [0.717, 1.165) is 12.1 Å². The maximum atomic E-state index is 12.9. The normalized spacial score (nSPS) is 21.6. The Balaban J connectivity index is 1.49. The molecule has 28 heavy (non-hydrogen) atoms. The van der Waals surface area contributed by atoms with Crippen LogP contribution in [0.15, 0.2) is 24.4 Å². The minimum atomic E-state index is -0.321. The summed E-state index contributed by atoms with van der Waals surface area (Å²) in [6.07, 6.45) is 3.25. The van der Waals surface area contributed by atoms with Crippen molar-refractivity contribution in [1.29, 1.82) is 0 Å². The SMILES string of the molecule is CC(C)CCC(=O)N1CC2(C1)CN(C)C(C(=O)N(C)Cc1ccccn1)CO2. The van der Waals surface area contributed by atoms with Crippen LogP contribution < -0.4 is 0 Å². The molecule has 3 heterocycles. The van der Waals surface area contributed by atoms with Crippen molar-refractivity contribution < 1.29 is 14.3 Å². The zero-order valence-corrected chi connectivity index (χ0v) is 17.4. The minimum absolute atomic E-state index is 0.0344. The molecule has 0 N–H and O–H groups in total. The number of carbonyl (C=O) groups is 2. The van der Waals surface area contributed by atoms with Crippen LogP contribution in [-0.2, 0) is 20.9 Å². The van der Waals surface area contributed by atoms with Crippen LogP contribution in [0.4, 0.5) is 0 Å². The van der Waals surface area contributed by atoms with Gasteiger partial charge < -0.3 is 14.5 Å². The highest BCUT2D eigenvalue weighted by Gasteiger charge is 2.51. The van der Waals surface area contributed by atoms with Gasteiger partial charge in [0.1, 0.15) is 11.6 Å². The van der Waals surface area contributed by atoms with E-state index >= 15 is 0 Å². The van der Waals surface area contributed by atoms with E-state index in [4.69, 9.17) is 4.74 Å². The van der Waals surface area contributed by atoms with E-state index in [9.17, 15) is 9.59 Å². The van der Waals surface area contributed by atoms with Gasteiger partial charge in [-0.3, -0.25) is 19.5 Å². The Labute approximate surface area is 167 Å². The second kappa shape index (κ2) is 8.57. The Morgan fingerprint density at radius 2 is 2.07 bits per heavy atom. The average molecular weight is 389 g/mol. The van der Waals surface area contributed by atoms with Crippen molar-refractivity contribution in [2.24, 2.45) is 5.92 Å². The molecule has 1 unspecified atom stereocenters. The summed E-state index contributed by atoms with van der Waals surface area (Å²) in [6.45, 7) is 7.01. The van der Waals surface area contributed by atoms with E-state index in [1.807, 2.05) is 30.1 Å². The fourth-order valence-electron chi connectivity index (χ4n) is 3.91. The van der Waals surface area contributed by atoms with Gasteiger partial charge in [-0.25, -0.2) is 0 Å². The molecule has 154 valence electrons. The fraction of sp³-hybridized carbons (Fsp3) is 0.667. The highest BCUT2D eigenvalue weighted by molar-refractivity contribution is 5.82. The molecule has 0 saturated carbocycles. The highest BCUT2D eigenvalue weighted by atomic mass is 16.5. The van der Waals surface area contributed by atoms with E-state index in [-0.39, 0.29) is 23.5 Å². The second-order valence-corrected chi connectivity index (χ2v) is 8.62. The fourth-order valence-corrected chi connectivity index (χ4v) is 3.91. The van der Waals surface area contributed by atoms with Gasteiger partial charge in [0.25, 0.3) is 0 Å². The molecule has 1 aromatic rings. The number of pyridine rings is 1. The van der Waals surface area contributed by atoms with Crippen LogP contribution in [0, 0.1) is 5.92 Å². The van der Waals surface area contributed by atoms with Crippen LogP contribution in [0.5, 0.6) is 0 Å². The molecule has 2 aliphatic rings. The van der Waals surface area contributed by atoms with Crippen molar-refractivity contribution in [3.63, 3.8) is 0 Å². The Morgan fingerprint density at radius 3 is 2.68 bits per heavy atom. The van der Waals surface area contributed by atoms with Crippen LogP contribution in [0.25, 0.3) is 0 Å². The molecule has 7 nitrogen and oxygen atoms in total. The molecule has 1 spiro atoms. The lowest BCUT2D eigenvalue weighted by molar-refractivity contribution is -0.203. The first-order valence-electron chi connectivity index (χ1n) is 10.1. The van der Waals surface area contributed by atoms with Crippen molar-refractivity contribution in [1.82, 2.24) is 19.7 Å². The van der Waals surface area contributed by atoms with Gasteiger partial charge in [-0.15, -0.1) is 0 Å². The molecule has 0 radical (unpaired) electrons. The Bertz CT molecular complexity index is 688. The van der Waals surface area contributed by atoms with E-state index in [2.05, 4.69) is 23.7 Å². The lowest BCUT2D eigenvalue weighted by Gasteiger charge is -2.55. The number of morpholine rings is 1. The van der Waals surface area contributed by atoms with Gasteiger partial charge in [0.05, 0.1) is 31.9 Å². The first-order valence-corrected chi connectivity index (χ1v) is 10.1. The zero-order chi connectivity index (χ0) is 20.3. The van der Waals surface area contributed by atoms with E-state index in [1.54, 1.807) is 18.1 Å². The molecule has 0 aromatic carbocycles. The van der Waals surface area contributed by atoms with Crippen LogP contribution in [0.3, 0.4) is 0 Å². The summed E-state index contributed by atoms with van der Waals surface area (Å²) in [4.78, 5) is 35.1. The number of hydrogen-bond acceptors (Lipinski definition) is 5. The third-order valence-electron chi connectivity index (χ3n) is 5.65. The molecule has 3 rings (SSSR count). The number of likely N-dealkylation sites (N-methyl/N-ethyl adjacent to an activating group) is 2. The molecule has 2 saturated heterocycles. The number of rotatable bonds is 6. The Morgan fingerprint density at radius 1 is 1.32 bits per heavy atom. The molecule has 0 aliphatic carbocycles. The van der Waals surface area contributed by atoms with Gasteiger partial charge in [0.2, 0.25) is 11.8 Å². The Kier molecular flexibility index (Phi) is 6.35. The lowest BCUT2D eigenvalue weighted by Crippen LogP contribution is -2.73. The molecule has 2 fully saturated rings. The van der Waals surface area contributed by atoms with E-state index in [1.165, 1.54) is 0 Å². The maximum absolute atomic E-state index is 12.9. The lowest BCUT2D eigenvalue weighted by atomic mass is 9.90. The van der Waals surface area contributed by atoms with Crippen molar-refractivity contribution in [2.75, 3.05) is 40.3 Å². The van der Waals surface area contributed by atoms with Gasteiger partial charge in [0, 0.05) is 26.2 Å². The largest absolute Gasteiger partial charge is 0.368 e. The minimum Gasteiger partial charge on any atom is -0.368 e. The summed E-state index contributed by atoms with van der Waals surface area (Å²) in [6, 6.07) is 5.40. The smallest absolute Gasteiger partial charge is 0.242 e. The molecule has 0 bridgehead atoms. The van der Waals surface area contributed by atoms with Crippen LogP contribution >= 0.6 is 0 Å². The molecule has 7 heteroatoms. The van der Waals surface area contributed by atoms with Gasteiger partial charge in [-0.05, 0) is 31.5 Å². The predicted octanol–water partition coefficient (Wildman–Crippen LogP) is 1.39. The summed E-state index contributed by atoms with van der Waals surface area (Å²) in [5, 5.41) is 0. The van der Waals surface area contributed by atoms with Crippen LogP contribution in [-0.4, -0.2) is 83.5 Å². The number of nitrogens with zero attached hydrogens (tertiary/aromatic N) is 4. The van der Waals surface area contributed by atoms with Gasteiger partial charge >= 0.3 is 0 Å². The molecule has 2 amide bonds. The molecule has 2 aliphatic heterocycles. The van der Waals surface area contributed by atoms with Crippen molar-refractivity contribution in [3.05, 3.63) is 30.1 Å². The number of carbonyl (C=O) groups excluding carboxylic acids is 2. The zero-order valence-electron chi connectivity index (χ0n) is 17.4. The predicted molar refractivity (Wildman–Crippen MR) is 106 cm³/mol. The topological polar surface area (TPSA) is 66.0 Å². The third-order valence-corrected chi connectivity index (χ3v) is 5.65. The number of amides is 2. The van der Waals surface area contributed by atoms with Crippen LogP contribution in [0.1, 0.15) is 32.4 Å². The van der Waals surface area contributed by atoms with Crippen molar-refractivity contribution >= 4 is 11.8 Å². The summed E-state index contributed by atoms with van der Waals surface area (Å²) in [7, 11) is 3.76. The monoisotopic (exact) mass is 388 g/mol. The summed E-state index contributed by atoms with van der Waals surface area (Å²) in [5.41, 5.74) is 0.544. The molecule has 1 aromatic heterocycles. The molecular weight excluding hydrogens is 356 g/mol. The second-order valence-electron chi connectivity index (χ2n) is 8.62.